The molecule has 2 nitrogen and oxygen atoms in total. The minimum Gasteiger partial charge on any atom is -0.356 e. The fraction of sp³-hybridized carbons (Fsp3) is 0.133. The van der Waals surface area contributed by atoms with E-state index in [0.717, 1.165) is 10.2 Å². The number of anilines is 1. The van der Waals surface area contributed by atoms with E-state index in [-0.39, 0.29) is 6.04 Å². The zero-order chi connectivity index (χ0) is 13.7. The first-order chi connectivity index (χ1) is 9.15. The summed E-state index contributed by atoms with van der Waals surface area (Å²) in [4.78, 5) is 0. The fourth-order valence-corrected chi connectivity index (χ4v) is 2.45. The van der Waals surface area contributed by atoms with Gasteiger partial charge in [-0.05, 0) is 42.9 Å². The molecule has 2 rings (SSSR count). The highest BCUT2D eigenvalue weighted by Gasteiger charge is 2.06. The van der Waals surface area contributed by atoms with Crippen molar-refractivity contribution < 1.29 is 0 Å². The predicted molar refractivity (Wildman–Crippen MR) is 88.4 cm³/mol. The molecule has 0 heterocycles. The van der Waals surface area contributed by atoms with Crippen LogP contribution in [0.2, 0.25) is 0 Å². The summed E-state index contributed by atoms with van der Waals surface area (Å²) in [5.41, 5.74) is 2.17. The lowest BCUT2D eigenvalue weighted by Gasteiger charge is -2.17. The van der Waals surface area contributed by atoms with Crippen molar-refractivity contribution in [1.29, 1.82) is 0 Å². The van der Waals surface area contributed by atoms with E-state index in [1.807, 2.05) is 42.5 Å². The minimum atomic E-state index is 0.174. The first-order valence-corrected chi connectivity index (χ1v) is 7.23. The molecule has 4 heteroatoms. The summed E-state index contributed by atoms with van der Waals surface area (Å²) in [5, 5.41) is 7.06. The summed E-state index contributed by atoms with van der Waals surface area (Å²) in [5.74, 6) is 0. The van der Waals surface area contributed by atoms with E-state index in [1.54, 1.807) is 0 Å². The summed E-state index contributed by atoms with van der Waals surface area (Å²) >= 11 is 8.75. The standard InChI is InChI=1S/C15H15BrN2S/c1-11(12-6-3-2-4-7-12)17-15(19)18-14-9-5-8-13(16)10-14/h2-11H,1H3,(H2,17,18,19)/t11-/m1/s1. The van der Waals surface area contributed by atoms with Gasteiger partial charge in [-0.15, -0.1) is 0 Å². The van der Waals surface area contributed by atoms with E-state index in [0.29, 0.717) is 5.11 Å². The maximum Gasteiger partial charge on any atom is 0.171 e. The van der Waals surface area contributed by atoms with Crippen LogP contribution in [0, 0.1) is 0 Å². The van der Waals surface area contributed by atoms with Crippen molar-refractivity contribution in [2.75, 3.05) is 5.32 Å². The summed E-state index contributed by atoms with van der Waals surface area (Å²) in [6.07, 6.45) is 0. The molecule has 0 spiro atoms. The van der Waals surface area contributed by atoms with Gasteiger partial charge in [-0.25, -0.2) is 0 Å². The zero-order valence-corrected chi connectivity index (χ0v) is 13.0. The van der Waals surface area contributed by atoms with Crippen LogP contribution < -0.4 is 10.6 Å². The fourth-order valence-electron chi connectivity index (χ4n) is 1.76. The molecule has 0 unspecified atom stereocenters. The van der Waals surface area contributed by atoms with E-state index >= 15 is 0 Å². The molecule has 1 atom stereocenters. The van der Waals surface area contributed by atoms with E-state index in [1.165, 1.54) is 5.56 Å². The number of halogens is 1. The third-order valence-corrected chi connectivity index (χ3v) is 3.44. The largest absolute Gasteiger partial charge is 0.356 e. The van der Waals surface area contributed by atoms with Crippen LogP contribution in [0.1, 0.15) is 18.5 Å². The molecule has 0 aromatic heterocycles. The Bertz CT molecular complexity index is 557. The zero-order valence-electron chi connectivity index (χ0n) is 10.6. The summed E-state index contributed by atoms with van der Waals surface area (Å²) in [7, 11) is 0. The average molecular weight is 335 g/mol. The first-order valence-electron chi connectivity index (χ1n) is 6.03. The van der Waals surface area contributed by atoms with Crippen LogP contribution in [-0.4, -0.2) is 5.11 Å². The monoisotopic (exact) mass is 334 g/mol. The van der Waals surface area contributed by atoms with E-state index < -0.39 is 0 Å². The maximum absolute atomic E-state index is 5.32. The molecular formula is C15H15BrN2S. The highest BCUT2D eigenvalue weighted by molar-refractivity contribution is 9.10. The van der Waals surface area contributed by atoms with Gasteiger partial charge < -0.3 is 10.6 Å². The molecule has 0 aliphatic heterocycles. The lowest BCUT2D eigenvalue weighted by Crippen LogP contribution is -2.30. The van der Waals surface area contributed by atoms with Gasteiger partial charge in [0.2, 0.25) is 0 Å². The van der Waals surface area contributed by atoms with Crippen LogP contribution in [0.25, 0.3) is 0 Å². The van der Waals surface area contributed by atoms with Crippen LogP contribution in [-0.2, 0) is 0 Å². The highest BCUT2D eigenvalue weighted by atomic mass is 79.9. The Labute approximate surface area is 127 Å². The van der Waals surface area contributed by atoms with Gasteiger partial charge in [0.25, 0.3) is 0 Å². The molecular weight excluding hydrogens is 320 g/mol. The molecule has 0 bridgehead atoms. The molecule has 98 valence electrons. The summed E-state index contributed by atoms with van der Waals surface area (Å²) in [6.45, 7) is 2.09. The predicted octanol–water partition coefficient (Wildman–Crippen LogP) is 4.50. The first kappa shape index (κ1) is 14.0. The molecule has 0 amide bonds. The summed E-state index contributed by atoms with van der Waals surface area (Å²) in [6, 6.07) is 18.3. The quantitative estimate of drug-likeness (QED) is 0.808. The molecule has 0 saturated carbocycles. The molecule has 19 heavy (non-hydrogen) atoms. The van der Waals surface area contributed by atoms with Crippen LogP contribution in [0.5, 0.6) is 0 Å². The second-order valence-corrected chi connectivity index (χ2v) is 5.57. The Kier molecular flexibility index (Phi) is 4.93. The topological polar surface area (TPSA) is 24.1 Å². The Hall–Kier alpha value is -1.39. The molecule has 0 saturated heterocycles. The summed E-state index contributed by atoms with van der Waals surface area (Å²) < 4.78 is 1.02. The van der Waals surface area contributed by atoms with Crippen LogP contribution in [0.4, 0.5) is 5.69 Å². The van der Waals surface area contributed by atoms with Crippen molar-refractivity contribution >= 4 is 38.9 Å². The molecule has 0 fully saturated rings. The molecule has 2 aromatic carbocycles. The molecule has 0 aliphatic carbocycles. The molecule has 0 radical (unpaired) electrons. The van der Waals surface area contributed by atoms with Crippen LogP contribution >= 0.6 is 28.1 Å². The maximum atomic E-state index is 5.32. The van der Waals surface area contributed by atoms with Crippen molar-refractivity contribution in [3.63, 3.8) is 0 Å². The van der Waals surface area contributed by atoms with Crippen molar-refractivity contribution in [2.24, 2.45) is 0 Å². The van der Waals surface area contributed by atoms with Crippen molar-refractivity contribution in [3.8, 4) is 0 Å². The van der Waals surface area contributed by atoms with Gasteiger partial charge in [0, 0.05) is 10.2 Å². The average Bonchev–Trinajstić information content (AvgIpc) is 2.39. The van der Waals surface area contributed by atoms with Gasteiger partial charge in [0.15, 0.2) is 5.11 Å². The van der Waals surface area contributed by atoms with E-state index in [4.69, 9.17) is 12.2 Å². The molecule has 2 aromatic rings. The van der Waals surface area contributed by atoms with Gasteiger partial charge in [-0.1, -0.05) is 52.3 Å². The van der Waals surface area contributed by atoms with Gasteiger partial charge in [0.05, 0.1) is 6.04 Å². The number of thiocarbonyl (C=S) groups is 1. The van der Waals surface area contributed by atoms with Gasteiger partial charge >= 0.3 is 0 Å². The number of hydrogen-bond acceptors (Lipinski definition) is 1. The smallest absolute Gasteiger partial charge is 0.171 e. The number of benzene rings is 2. The van der Waals surface area contributed by atoms with Gasteiger partial charge in [-0.3, -0.25) is 0 Å². The minimum absolute atomic E-state index is 0.174. The van der Waals surface area contributed by atoms with E-state index in [2.05, 4.69) is 45.6 Å². The van der Waals surface area contributed by atoms with Gasteiger partial charge in [-0.2, -0.15) is 0 Å². The number of rotatable bonds is 3. The van der Waals surface area contributed by atoms with Crippen molar-refractivity contribution in [1.82, 2.24) is 5.32 Å². The Morgan fingerprint density at radius 1 is 1.11 bits per heavy atom. The third kappa shape index (κ3) is 4.33. The lowest BCUT2D eigenvalue weighted by molar-refractivity contribution is 0.722. The molecule has 2 N–H and O–H groups in total. The Morgan fingerprint density at radius 3 is 2.53 bits per heavy atom. The third-order valence-electron chi connectivity index (χ3n) is 2.73. The number of hydrogen-bond donors (Lipinski definition) is 2. The number of nitrogens with one attached hydrogen (secondary N) is 2. The highest BCUT2D eigenvalue weighted by Crippen LogP contribution is 2.16. The Balaban J connectivity index is 1.95. The second kappa shape index (κ2) is 6.68. The van der Waals surface area contributed by atoms with Crippen LogP contribution in [0.15, 0.2) is 59.1 Å². The normalized spacial score (nSPS) is 11.7. The van der Waals surface area contributed by atoms with Crippen LogP contribution in [0.3, 0.4) is 0 Å². The van der Waals surface area contributed by atoms with Gasteiger partial charge in [0.1, 0.15) is 0 Å². The SMILES string of the molecule is C[C@@H](NC(=S)Nc1cccc(Br)c1)c1ccccc1. The van der Waals surface area contributed by atoms with E-state index in [9.17, 15) is 0 Å². The van der Waals surface area contributed by atoms with Crippen molar-refractivity contribution in [2.45, 2.75) is 13.0 Å². The lowest BCUT2D eigenvalue weighted by atomic mass is 10.1. The Morgan fingerprint density at radius 2 is 1.84 bits per heavy atom. The van der Waals surface area contributed by atoms with Crippen molar-refractivity contribution in [3.05, 3.63) is 64.6 Å². The second-order valence-electron chi connectivity index (χ2n) is 4.24. The molecule has 0 aliphatic rings.